The number of benzene rings is 2. The molecule has 0 aliphatic heterocycles. The molecule has 0 saturated carbocycles. The van der Waals surface area contributed by atoms with Gasteiger partial charge in [0.05, 0.1) is 17.9 Å². The van der Waals surface area contributed by atoms with E-state index >= 15 is 0 Å². The Balaban J connectivity index is 1.93. The number of carbonyl (C=O) groups excluding carboxylic acids is 3. The van der Waals surface area contributed by atoms with Crippen LogP contribution in [0.1, 0.15) is 46.3 Å². The SMILES string of the molecule is CCOc1ccccc1NC(=O)C(OC(=O)c1c(NC(C)=O)sc(C)c1C)c1ccccc1. The van der Waals surface area contributed by atoms with Crippen LogP contribution in [0, 0.1) is 13.8 Å². The smallest absolute Gasteiger partial charge is 0.342 e. The number of thiophene rings is 1. The van der Waals surface area contributed by atoms with Crippen molar-refractivity contribution in [2.24, 2.45) is 0 Å². The van der Waals surface area contributed by atoms with Gasteiger partial charge in [-0.05, 0) is 38.5 Å². The Morgan fingerprint density at radius 2 is 1.64 bits per heavy atom. The molecule has 0 fully saturated rings. The lowest BCUT2D eigenvalue weighted by atomic mass is 10.1. The van der Waals surface area contributed by atoms with Crippen molar-refractivity contribution < 1.29 is 23.9 Å². The van der Waals surface area contributed by atoms with E-state index in [1.165, 1.54) is 18.3 Å². The van der Waals surface area contributed by atoms with Crippen molar-refractivity contribution in [1.82, 2.24) is 0 Å². The van der Waals surface area contributed by atoms with E-state index in [0.29, 0.717) is 34.2 Å². The zero-order chi connectivity index (χ0) is 24.0. The molecule has 1 aromatic heterocycles. The summed E-state index contributed by atoms with van der Waals surface area (Å²) in [7, 11) is 0. The molecule has 0 aliphatic rings. The Hall–Kier alpha value is -3.65. The van der Waals surface area contributed by atoms with Gasteiger partial charge in [-0.15, -0.1) is 11.3 Å². The van der Waals surface area contributed by atoms with Crippen molar-refractivity contribution in [3.05, 3.63) is 76.2 Å². The first-order chi connectivity index (χ1) is 15.8. The molecule has 7 nitrogen and oxygen atoms in total. The molecule has 1 unspecified atom stereocenters. The predicted molar refractivity (Wildman–Crippen MR) is 129 cm³/mol. The molecule has 0 bridgehead atoms. The topological polar surface area (TPSA) is 93.7 Å². The van der Waals surface area contributed by atoms with Gasteiger partial charge in [0.15, 0.2) is 0 Å². The summed E-state index contributed by atoms with van der Waals surface area (Å²) in [5.41, 5.74) is 1.93. The zero-order valence-corrected chi connectivity index (χ0v) is 19.7. The summed E-state index contributed by atoms with van der Waals surface area (Å²) in [6, 6.07) is 15.8. The molecule has 0 radical (unpaired) electrons. The van der Waals surface area contributed by atoms with Crippen molar-refractivity contribution in [2.75, 3.05) is 17.2 Å². The Kier molecular flexibility index (Phi) is 7.84. The van der Waals surface area contributed by atoms with Crippen LogP contribution < -0.4 is 15.4 Å². The lowest BCUT2D eigenvalue weighted by Crippen LogP contribution is -2.26. The minimum absolute atomic E-state index is 0.246. The number of nitrogens with one attached hydrogen (secondary N) is 2. The van der Waals surface area contributed by atoms with Crippen LogP contribution in [-0.2, 0) is 14.3 Å². The van der Waals surface area contributed by atoms with Crippen LogP contribution >= 0.6 is 11.3 Å². The van der Waals surface area contributed by atoms with Gasteiger partial charge in [-0.3, -0.25) is 9.59 Å². The van der Waals surface area contributed by atoms with E-state index in [-0.39, 0.29) is 11.5 Å². The summed E-state index contributed by atoms with van der Waals surface area (Å²) in [6.07, 6.45) is -1.21. The van der Waals surface area contributed by atoms with Crippen molar-refractivity contribution >= 4 is 39.8 Å². The summed E-state index contributed by atoms with van der Waals surface area (Å²) in [6.45, 7) is 7.30. The highest BCUT2D eigenvalue weighted by molar-refractivity contribution is 7.16. The monoisotopic (exact) mass is 466 g/mol. The van der Waals surface area contributed by atoms with Crippen LogP contribution in [-0.4, -0.2) is 24.4 Å². The van der Waals surface area contributed by atoms with Crippen molar-refractivity contribution in [3.63, 3.8) is 0 Å². The first-order valence-electron chi connectivity index (χ1n) is 10.5. The van der Waals surface area contributed by atoms with E-state index in [9.17, 15) is 14.4 Å². The number of rotatable bonds is 8. The van der Waals surface area contributed by atoms with Gasteiger partial charge in [0.25, 0.3) is 5.91 Å². The highest BCUT2D eigenvalue weighted by Crippen LogP contribution is 2.34. The molecule has 8 heteroatoms. The van der Waals surface area contributed by atoms with Crippen LogP contribution in [0.2, 0.25) is 0 Å². The molecule has 3 rings (SSSR count). The van der Waals surface area contributed by atoms with E-state index in [0.717, 1.165) is 4.88 Å². The second-order valence-corrected chi connectivity index (χ2v) is 8.51. The minimum atomic E-state index is -1.21. The largest absolute Gasteiger partial charge is 0.492 e. The molecule has 172 valence electrons. The fourth-order valence-electron chi connectivity index (χ4n) is 3.24. The second-order valence-electron chi connectivity index (χ2n) is 7.28. The van der Waals surface area contributed by atoms with Gasteiger partial charge >= 0.3 is 5.97 Å². The third-order valence-corrected chi connectivity index (χ3v) is 6.01. The normalized spacial score (nSPS) is 11.4. The molecule has 0 saturated heterocycles. The molecule has 3 aromatic rings. The van der Waals surface area contributed by atoms with E-state index in [4.69, 9.17) is 9.47 Å². The molecule has 0 aliphatic carbocycles. The molecule has 2 amide bonds. The number of aryl methyl sites for hydroxylation is 1. The Morgan fingerprint density at radius 1 is 0.970 bits per heavy atom. The molecule has 33 heavy (non-hydrogen) atoms. The van der Waals surface area contributed by atoms with Gasteiger partial charge < -0.3 is 20.1 Å². The van der Waals surface area contributed by atoms with Crippen molar-refractivity contribution in [1.29, 1.82) is 0 Å². The lowest BCUT2D eigenvalue weighted by molar-refractivity contribution is -0.125. The fraction of sp³-hybridized carbons (Fsp3) is 0.240. The van der Waals surface area contributed by atoms with E-state index in [1.807, 2.05) is 19.9 Å². The van der Waals surface area contributed by atoms with E-state index in [1.54, 1.807) is 55.5 Å². The van der Waals surface area contributed by atoms with Gasteiger partial charge in [0.1, 0.15) is 10.8 Å². The molecular formula is C25H26N2O5S. The Morgan fingerprint density at radius 3 is 2.30 bits per heavy atom. The maximum absolute atomic E-state index is 13.3. The predicted octanol–water partition coefficient (Wildman–Crippen LogP) is 5.26. The fourth-order valence-corrected chi connectivity index (χ4v) is 4.33. The maximum Gasteiger partial charge on any atom is 0.342 e. The van der Waals surface area contributed by atoms with Gasteiger partial charge in [-0.2, -0.15) is 0 Å². The molecule has 0 spiro atoms. The van der Waals surface area contributed by atoms with E-state index in [2.05, 4.69) is 10.6 Å². The quantitative estimate of drug-likeness (QED) is 0.442. The molecular weight excluding hydrogens is 440 g/mol. The summed E-state index contributed by atoms with van der Waals surface area (Å²) >= 11 is 1.29. The number of hydrogen-bond acceptors (Lipinski definition) is 6. The maximum atomic E-state index is 13.3. The lowest BCUT2D eigenvalue weighted by Gasteiger charge is -2.19. The molecule has 2 aromatic carbocycles. The number of esters is 1. The number of ether oxygens (including phenoxy) is 2. The van der Waals surface area contributed by atoms with Crippen LogP contribution in [0.5, 0.6) is 5.75 Å². The number of anilines is 2. The van der Waals surface area contributed by atoms with Crippen molar-refractivity contribution in [3.8, 4) is 5.75 Å². The van der Waals surface area contributed by atoms with E-state index < -0.39 is 18.0 Å². The van der Waals surface area contributed by atoms with Gasteiger partial charge in [0.2, 0.25) is 12.0 Å². The standard InChI is InChI=1S/C25H26N2O5S/c1-5-31-20-14-10-9-13-19(20)27-23(29)22(18-11-7-6-8-12-18)32-25(30)21-15(2)16(3)33-24(21)26-17(4)28/h6-14,22H,5H2,1-4H3,(H,26,28)(H,27,29). The number of carbonyl (C=O) groups is 3. The van der Waals surface area contributed by atoms with Crippen LogP contribution in [0.4, 0.5) is 10.7 Å². The summed E-state index contributed by atoms with van der Waals surface area (Å²) in [5, 5.41) is 5.89. The summed E-state index contributed by atoms with van der Waals surface area (Å²) in [5.74, 6) is -0.992. The number of amides is 2. The van der Waals surface area contributed by atoms with Crippen LogP contribution in [0.25, 0.3) is 0 Å². The second kappa shape index (κ2) is 10.8. The average Bonchev–Trinajstić information content (AvgIpc) is 3.06. The first kappa shape index (κ1) is 24.0. The summed E-state index contributed by atoms with van der Waals surface area (Å²) < 4.78 is 11.3. The molecule has 1 heterocycles. The number of hydrogen-bond donors (Lipinski definition) is 2. The molecule has 1 atom stereocenters. The highest BCUT2D eigenvalue weighted by atomic mass is 32.1. The number of para-hydroxylation sites is 2. The third-order valence-electron chi connectivity index (χ3n) is 4.89. The zero-order valence-electron chi connectivity index (χ0n) is 18.9. The van der Waals surface area contributed by atoms with Crippen LogP contribution in [0.15, 0.2) is 54.6 Å². The van der Waals surface area contributed by atoms with Crippen LogP contribution in [0.3, 0.4) is 0 Å². The third kappa shape index (κ3) is 5.78. The Bertz CT molecular complexity index is 1160. The first-order valence-corrected chi connectivity index (χ1v) is 11.3. The van der Waals surface area contributed by atoms with Gasteiger partial charge in [0, 0.05) is 17.4 Å². The van der Waals surface area contributed by atoms with Gasteiger partial charge in [-0.25, -0.2) is 4.79 Å². The minimum Gasteiger partial charge on any atom is -0.492 e. The summed E-state index contributed by atoms with van der Waals surface area (Å²) in [4.78, 5) is 39.0. The highest BCUT2D eigenvalue weighted by Gasteiger charge is 2.30. The van der Waals surface area contributed by atoms with Gasteiger partial charge in [-0.1, -0.05) is 42.5 Å². The molecule has 2 N–H and O–H groups in total. The average molecular weight is 467 g/mol. The Labute approximate surface area is 196 Å². The van der Waals surface area contributed by atoms with Crippen molar-refractivity contribution in [2.45, 2.75) is 33.8 Å².